The van der Waals surface area contributed by atoms with Crippen LogP contribution in [0.2, 0.25) is 0 Å². The molecule has 0 aliphatic carbocycles. The molecule has 3 amide bonds. The summed E-state index contributed by atoms with van der Waals surface area (Å²) < 4.78 is 43.9. The van der Waals surface area contributed by atoms with Crippen LogP contribution in [-0.4, -0.2) is 16.8 Å². The first-order valence-corrected chi connectivity index (χ1v) is 7.48. The molecule has 25 heavy (non-hydrogen) atoms. The molecule has 0 unspecified atom stereocenters. The summed E-state index contributed by atoms with van der Waals surface area (Å²) in [6.45, 7) is 2.94. The number of amides is 3. The zero-order valence-electron chi connectivity index (χ0n) is 13.5. The molecule has 0 bridgehead atoms. The van der Waals surface area contributed by atoms with Crippen molar-refractivity contribution < 1.29 is 27.2 Å². The summed E-state index contributed by atoms with van der Waals surface area (Å²) in [6.07, 6.45) is -4.49. The van der Waals surface area contributed by atoms with Crippen molar-refractivity contribution in [3.05, 3.63) is 59.0 Å². The lowest BCUT2D eigenvalue weighted by Crippen LogP contribution is -2.40. The third kappa shape index (κ3) is 2.99. The number of nitrogens with one attached hydrogen (secondary N) is 1. The average molecular weight is 352 g/mol. The molecule has 2 heterocycles. The van der Waals surface area contributed by atoms with E-state index in [1.165, 1.54) is 19.1 Å². The number of carbonyl (C=O) groups is 2. The van der Waals surface area contributed by atoms with Crippen molar-refractivity contribution in [3.8, 4) is 0 Å². The quantitative estimate of drug-likeness (QED) is 0.859. The monoisotopic (exact) mass is 352 g/mol. The van der Waals surface area contributed by atoms with Gasteiger partial charge in [-0.3, -0.25) is 9.69 Å². The lowest BCUT2D eigenvalue weighted by atomic mass is 9.99. The van der Waals surface area contributed by atoms with Crippen LogP contribution in [0, 0.1) is 6.92 Å². The Morgan fingerprint density at radius 2 is 1.92 bits per heavy atom. The van der Waals surface area contributed by atoms with E-state index >= 15 is 0 Å². The second kappa shape index (κ2) is 5.65. The van der Waals surface area contributed by atoms with Gasteiger partial charge in [0.2, 0.25) is 0 Å². The highest BCUT2D eigenvalue weighted by molar-refractivity contribution is 6.06. The normalized spacial score (nSPS) is 20.9. The first-order valence-electron chi connectivity index (χ1n) is 7.48. The molecule has 8 heteroatoms. The Kier molecular flexibility index (Phi) is 3.85. The zero-order chi connectivity index (χ0) is 18.4. The van der Waals surface area contributed by atoms with Crippen molar-refractivity contribution in [3.63, 3.8) is 0 Å². The van der Waals surface area contributed by atoms with Gasteiger partial charge in [-0.05, 0) is 43.7 Å². The zero-order valence-corrected chi connectivity index (χ0v) is 13.5. The number of hydrogen-bond acceptors (Lipinski definition) is 3. The molecule has 3 rings (SSSR count). The second-order valence-corrected chi connectivity index (χ2v) is 6.05. The summed E-state index contributed by atoms with van der Waals surface area (Å²) in [5.74, 6) is 0.272. The number of imide groups is 1. The van der Waals surface area contributed by atoms with E-state index in [-0.39, 0.29) is 17.9 Å². The fraction of sp³-hybridized carbons (Fsp3) is 0.294. The van der Waals surface area contributed by atoms with E-state index in [1.54, 1.807) is 19.1 Å². The summed E-state index contributed by atoms with van der Waals surface area (Å²) in [4.78, 5) is 25.8. The van der Waals surface area contributed by atoms with Crippen LogP contribution in [-0.2, 0) is 23.1 Å². The third-order valence-corrected chi connectivity index (χ3v) is 4.10. The molecule has 132 valence electrons. The Morgan fingerprint density at radius 1 is 1.20 bits per heavy atom. The molecule has 1 fully saturated rings. The minimum atomic E-state index is -4.49. The van der Waals surface area contributed by atoms with Gasteiger partial charge in [0.25, 0.3) is 5.91 Å². The molecule has 1 aliphatic heterocycles. The fourth-order valence-electron chi connectivity index (χ4n) is 2.74. The van der Waals surface area contributed by atoms with Crippen LogP contribution in [0.25, 0.3) is 0 Å². The number of aryl methyl sites for hydroxylation is 1. The van der Waals surface area contributed by atoms with E-state index in [2.05, 4.69) is 5.32 Å². The lowest BCUT2D eigenvalue weighted by molar-refractivity contribution is -0.137. The Hall–Kier alpha value is -2.77. The number of benzene rings is 1. The largest absolute Gasteiger partial charge is 0.463 e. The molecule has 1 aromatic carbocycles. The van der Waals surface area contributed by atoms with Crippen LogP contribution >= 0.6 is 0 Å². The van der Waals surface area contributed by atoms with E-state index in [9.17, 15) is 22.8 Å². The van der Waals surface area contributed by atoms with Crippen molar-refractivity contribution in [1.29, 1.82) is 0 Å². The van der Waals surface area contributed by atoms with Crippen molar-refractivity contribution >= 4 is 11.9 Å². The van der Waals surface area contributed by atoms with Crippen molar-refractivity contribution in [1.82, 2.24) is 10.2 Å². The van der Waals surface area contributed by atoms with Crippen LogP contribution in [0.3, 0.4) is 0 Å². The molecule has 0 spiro atoms. The number of alkyl halides is 3. The summed E-state index contributed by atoms with van der Waals surface area (Å²) in [6, 6.07) is 7.10. The maximum atomic E-state index is 12.8. The molecule has 0 saturated carbocycles. The number of nitrogens with zero attached hydrogens (tertiary/aromatic N) is 1. The number of hydrogen-bond donors (Lipinski definition) is 1. The number of halogens is 3. The highest BCUT2D eigenvalue weighted by atomic mass is 19.4. The molecule has 1 aromatic heterocycles. The Morgan fingerprint density at radius 3 is 2.52 bits per heavy atom. The Balaban J connectivity index is 1.87. The molecule has 1 saturated heterocycles. The summed E-state index contributed by atoms with van der Waals surface area (Å²) in [5, 5.41) is 2.55. The molecule has 1 atom stereocenters. The fourth-order valence-corrected chi connectivity index (χ4v) is 2.74. The van der Waals surface area contributed by atoms with Gasteiger partial charge in [-0.25, -0.2) is 4.79 Å². The van der Waals surface area contributed by atoms with Gasteiger partial charge < -0.3 is 9.73 Å². The van der Waals surface area contributed by atoms with Gasteiger partial charge in [-0.1, -0.05) is 12.1 Å². The second-order valence-electron chi connectivity index (χ2n) is 6.05. The van der Waals surface area contributed by atoms with Crippen LogP contribution in [0.15, 0.2) is 40.8 Å². The summed E-state index contributed by atoms with van der Waals surface area (Å²) in [7, 11) is 0. The molecule has 2 aromatic rings. The summed E-state index contributed by atoms with van der Waals surface area (Å²) in [5.41, 5.74) is -2.01. The van der Waals surface area contributed by atoms with Gasteiger partial charge in [0.05, 0.1) is 12.1 Å². The summed E-state index contributed by atoms with van der Waals surface area (Å²) >= 11 is 0. The first-order chi connectivity index (χ1) is 11.6. The molecular weight excluding hydrogens is 337 g/mol. The Labute approximate surface area is 141 Å². The molecule has 0 radical (unpaired) electrons. The molecule has 5 nitrogen and oxygen atoms in total. The predicted octanol–water partition coefficient (Wildman–Crippen LogP) is 3.57. The number of rotatable bonds is 3. The van der Waals surface area contributed by atoms with Gasteiger partial charge in [-0.2, -0.15) is 13.2 Å². The van der Waals surface area contributed by atoms with E-state index in [1.807, 2.05) is 0 Å². The number of furan rings is 1. The van der Waals surface area contributed by atoms with Crippen LogP contribution in [0.5, 0.6) is 0 Å². The van der Waals surface area contributed by atoms with Gasteiger partial charge >= 0.3 is 12.2 Å². The van der Waals surface area contributed by atoms with E-state index in [0.29, 0.717) is 5.76 Å². The SMILES string of the molecule is Cc1ccc([C@@]2(C)NC(=O)N(Cc3cccc(C(F)(F)F)c3)C2=O)o1. The van der Waals surface area contributed by atoms with E-state index < -0.39 is 29.2 Å². The highest BCUT2D eigenvalue weighted by Crippen LogP contribution is 2.32. The number of carbonyl (C=O) groups excluding carboxylic acids is 2. The van der Waals surface area contributed by atoms with Crippen LogP contribution in [0.4, 0.5) is 18.0 Å². The number of urea groups is 1. The molecule has 1 N–H and O–H groups in total. The smallest absolute Gasteiger partial charge is 0.416 e. The van der Waals surface area contributed by atoms with Gasteiger partial charge in [0.15, 0.2) is 5.54 Å². The van der Waals surface area contributed by atoms with E-state index in [4.69, 9.17) is 4.42 Å². The average Bonchev–Trinajstić information content (AvgIpc) is 3.05. The van der Waals surface area contributed by atoms with E-state index in [0.717, 1.165) is 17.0 Å². The van der Waals surface area contributed by atoms with Gasteiger partial charge in [-0.15, -0.1) is 0 Å². The maximum Gasteiger partial charge on any atom is 0.416 e. The Bertz CT molecular complexity index is 844. The van der Waals surface area contributed by atoms with Crippen molar-refractivity contribution in [2.45, 2.75) is 32.1 Å². The topological polar surface area (TPSA) is 62.6 Å². The van der Waals surface area contributed by atoms with Crippen molar-refractivity contribution in [2.75, 3.05) is 0 Å². The lowest BCUT2D eigenvalue weighted by Gasteiger charge is -2.19. The third-order valence-electron chi connectivity index (χ3n) is 4.10. The minimum Gasteiger partial charge on any atom is -0.463 e. The van der Waals surface area contributed by atoms with Crippen molar-refractivity contribution in [2.24, 2.45) is 0 Å². The predicted molar refractivity (Wildman–Crippen MR) is 81.3 cm³/mol. The maximum absolute atomic E-state index is 12.8. The minimum absolute atomic E-state index is 0.207. The van der Waals surface area contributed by atoms with Gasteiger partial charge in [0, 0.05) is 0 Å². The standard InChI is InChI=1S/C17H15F3N2O3/c1-10-6-7-13(25-10)16(2)14(23)22(15(24)21-16)9-11-4-3-5-12(8-11)17(18,19)20/h3-8H,9H2,1-2H3,(H,21,24)/t16-/m1/s1. The molecule has 1 aliphatic rings. The van der Waals surface area contributed by atoms with Crippen LogP contribution in [0.1, 0.15) is 29.6 Å². The van der Waals surface area contributed by atoms with Crippen LogP contribution < -0.4 is 5.32 Å². The van der Waals surface area contributed by atoms with Gasteiger partial charge in [0.1, 0.15) is 11.5 Å². The highest BCUT2D eigenvalue weighted by Gasteiger charge is 2.51. The first kappa shape index (κ1) is 17.1. The molecular formula is C17H15F3N2O3.